The molecule has 4 heteroatoms. The van der Waals surface area contributed by atoms with Crippen LogP contribution in [0.3, 0.4) is 0 Å². The number of carbonyl (C=O) groups excluding carboxylic acids is 2. The van der Waals surface area contributed by atoms with Crippen molar-refractivity contribution < 1.29 is 14.3 Å². The van der Waals surface area contributed by atoms with Crippen LogP contribution in [0.1, 0.15) is 27.2 Å². The number of hydrogen-bond acceptors (Lipinski definition) is 3. The minimum absolute atomic E-state index is 0.0291. The van der Waals surface area contributed by atoms with Gasteiger partial charge in [0.1, 0.15) is 0 Å². The molecule has 14 heavy (non-hydrogen) atoms. The maximum absolute atomic E-state index is 11.6. The average molecular weight is 201 g/mol. The molecule has 0 aromatic heterocycles. The number of hydrogen-bond donors (Lipinski definition) is 0. The first kappa shape index (κ1) is 12.9. The molecule has 0 heterocycles. The molecular weight excluding hydrogens is 182 g/mol. The van der Waals surface area contributed by atoms with Crippen molar-refractivity contribution in [3.8, 4) is 0 Å². The molecule has 0 bridgehead atoms. The van der Waals surface area contributed by atoms with E-state index in [1.807, 2.05) is 20.8 Å². The highest BCUT2D eigenvalue weighted by atomic mass is 16.5. The summed E-state index contributed by atoms with van der Waals surface area (Å²) in [6.07, 6.45) is 0.245. The standard InChI is InChI=1S/C10H19NO3/c1-10(2,3)9(13)11(4)7-6-8(12)14-5/h6-7H2,1-5H3. The van der Waals surface area contributed by atoms with E-state index in [4.69, 9.17) is 0 Å². The van der Waals surface area contributed by atoms with Gasteiger partial charge < -0.3 is 9.64 Å². The van der Waals surface area contributed by atoms with Gasteiger partial charge in [0.05, 0.1) is 13.5 Å². The molecule has 0 N–H and O–H groups in total. The van der Waals surface area contributed by atoms with Crippen molar-refractivity contribution in [1.82, 2.24) is 4.90 Å². The van der Waals surface area contributed by atoms with Gasteiger partial charge in [-0.2, -0.15) is 0 Å². The maximum Gasteiger partial charge on any atom is 0.307 e. The van der Waals surface area contributed by atoms with Gasteiger partial charge in [0.2, 0.25) is 5.91 Å². The largest absolute Gasteiger partial charge is 0.469 e. The van der Waals surface area contributed by atoms with Crippen LogP contribution in [0.25, 0.3) is 0 Å². The molecular formula is C10H19NO3. The first-order valence-electron chi connectivity index (χ1n) is 4.61. The van der Waals surface area contributed by atoms with Crippen LogP contribution < -0.4 is 0 Å². The van der Waals surface area contributed by atoms with E-state index in [9.17, 15) is 9.59 Å². The van der Waals surface area contributed by atoms with Crippen LogP contribution in [-0.2, 0) is 14.3 Å². The fraction of sp³-hybridized carbons (Fsp3) is 0.800. The summed E-state index contributed by atoms with van der Waals surface area (Å²) < 4.78 is 4.49. The van der Waals surface area contributed by atoms with E-state index in [0.717, 1.165) is 0 Å². The molecule has 0 aliphatic carbocycles. The summed E-state index contributed by atoms with van der Waals surface area (Å²) in [4.78, 5) is 24.0. The van der Waals surface area contributed by atoms with Crippen LogP contribution in [0, 0.1) is 5.41 Å². The zero-order valence-corrected chi connectivity index (χ0v) is 9.59. The molecule has 0 atom stereocenters. The van der Waals surface area contributed by atoms with Gasteiger partial charge in [0.25, 0.3) is 0 Å². The predicted molar refractivity (Wildman–Crippen MR) is 53.7 cm³/mol. The molecule has 0 aliphatic heterocycles. The van der Waals surface area contributed by atoms with Crippen LogP contribution in [0.4, 0.5) is 0 Å². The van der Waals surface area contributed by atoms with Gasteiger partial charge in [-0.25, -0.2) is 0 Å². The number of nitrogens with zero attached hydrogens (tertiary/aromatic N) is 1. The monoisotopic (exact) mass is 201 g/mol. The second-order valence-corrected chi connectivity index (χ2v) is 4.30. The van der Waals surface area contributed by atoms with Gasteiger partial charge in [0.15, 0.2) is 0 Å². The minimum Gasteiger partial charge on any atom is -0.469 e. The highest BCUT2D eigenvalue weighted by molar-refractivity contribution is 5.81. The second kappa shape index (κ2) is 4.98. The Morgan fingerprint density at radius 3 is 2.14 bits per heavy atom. The Morgan fingerprint density at radius 1 is 1.29 bits per heavy atom. The van der Waals surface area contributed by atoms with Crippen LogP contribution in [0.5, 0.6) is 0 Å². The summed E-state index contributed by atoms with van der Waals surface area (Å²) in [6.45, 7) is 5.96. The molecule has 4 nitrogen and oxygen atoms in total. The van der Waals surface area contributed by atoms with Crippen molar-refractivity contribution in [3.63, 3.8) is 0 Å². The molecule has 0 unspecified atom stereocenters. The third kappa shape index (κ3) is 4.25. The van der Waals surface area contributed by atoms with Crippen LogP contribution in [-0.4, -0.2) is 37.5 Å². The van der Waals surface area contributed by atoms with Crippen molar-refractivity contribution in [2.75, 3.05) is 20.7 Å². The van der Waals surface area contributed by atoms with Crippen LogP contribution in [0.2, 0.25) is 0 Å². The maximum atomic E-state index is 11.6. The SMILES string of the molecule is COC(=O)CCN(C)C(=O)C(C)(C)C. The Balaban J connectivity index is 4.03. The molecule has 0 radical (unpaired) electrons. The number of esters is 1. The predicted octanol–water partition coefficient (Wildman–Crippen LogP) is 1.05. The lowest BCUT2D eigenvalue weighted by Crippen LogP contribution is -2.37. The van der Waals surface area contributed by atoms with Crippen molar-refractivity contribution >= 4 is 11.9 Å². The van der Waals surface area contributed by atoms with E-state index in [-0.39, 0.29) is 18.3 Å². The third-order valence-electron chi connectivity index (χ3n) is 1.87. The third-order valence-corrected chi connectivity index (χ3v) is 1.87. The highest BCUT2D eigenvalue weighted by Gasteiger charge is 2.24. The summed E-state index contributed by atoms with van der Waals surface area (Å²) in [6, 6.07) is 0. The molecule has 0 saturated carbocycles. The molecule has 0 spiro atoms. The van der Waals surface area contributed by atoms with E-state index in [0.29, 0.717) is 6.54 Å². The molecule has 0 aromatic carbocycles. The molecule has 0 aliphatic rings. The molecule has 1 amide bonds. The Bertz CT molecular complexity index is 218. The van der Waals surface area contributed by atoms with Crippen molar-refractivity contribution in [2.45, 2.75) is 27.2 Å². The Hall–Kier alpha value is -1.06. The summed E-state index contributed by atoms with van der Waals surface area (Å²) >= 11 is 0. The summed E-state index contributed by atoms with van der Waals surface area (Å²) in [5.41, 5.74) is -0.398. The lowest BCUT2D eigenvalue weighted by atomic mass is 9.95. The lowest BCUT2D eigenvalue weighted by molar-refractivity contribution is -0.143. The normalized spacial score (nSPS) is 10.9. The summed E-state index contributed by atoms with van der Waals surface area (Å²) in [5, 5.41) is 0. The van der Waals surface area contributed by atoms with Gasteiger partial charge in [-0.1, -0.05) is 20.8 Å². The number of methoxy groups -OCH3 is 1. The number of rotatable bonds is 3. The van der Waals surface area contributed by atoms with Gasteiger partial charge >= 0.3 is 5.97 Å². The molecule has 0 saturated heterocycles. The summed E-state index contributed by atoms with van der Waals surface area (Å²) in [5.74, 6) is -0.264. The van der Waals surface area contributed by atoms with Gasteiger partial charge in [-0.3, -0.25) is 9.59 Å². The first-order valence-corrected chi connectivity index (χ1v) is 4.61. The molecule has 0 rings (SSSR count). The van der Waals surface area contributed by atoms with Crippen LogP contribution in [0.15, 0.2) is 0 Å². The molecule has 0 aromatic rings. The highest BCUT2D eigenvalue weighted by Crippen LogP contribution is 2.16. The second-order valence-electron chi connectivity index (χ2n) is 4.30. The number of amides is 1. The summed E-state index contributed by atoms with van der Waals surface area (Å²) in [7, 11) is 3.03. The zero-order chi connectivity index (χ0) is 11.4. The Labute approximate surface area is 85.2 Å². The Kier molecular flexibility index (Phi) is 4.60. The van der Waals surface area contributed by atoms with Crippen LogP contribution >= 0.6 is 0 Å². The van der Waals surface area contributed by atoms with Crippen molar-refractivity contribution in [2.24, 2.45) is 5.41 Å². The lowest BCUT2D eigenvalue weighted by Gasteiger charge is -2.25. The van der Waals surface area contributed by atoms with E-state index in [1.54, 1.807) is 11.9 Å². The fourth-order valence-corrected chi connectivity index (χ4v) is 1.04. The zero-order valence-electron chi connectivity index (χ0n) is 9.59. The molecule has 82 valence electrons. The Morgan fingerprint density at radius 2 is 1.79 bits per heavy atom. The quantitative estimate of drug-likeness (QED) is 0.641. The topological polar surface area (TPSA) is 46.6 Å². The van der Waals surface area contributed by atoms with Gasteiger partial charge in [-0.05, 0) is 0 Å². The fourth-order valence-electron chi connectivity index (χ4n) is 1.04. The van der Waals surface area contributed by atoms with E-state index in [2.05, 4.69) is 4.74 Å². The van der Waals surface area contributed by atoms with Crippen molar-refractivity contribution in [1.29, 1.82) is 0 Å². The van der Waals surface area contributed by atoms with E-state index in [1.165, 1.54) is 7.11 Å². The van der Waals surface area contributed by atoms with Crippen molar-refractivity contribution in [3.05, 3.63) is 0 Å². The van der Waals surface area contributed by atoms with Gasteiger partial charge in [0, 0.05) is 19.0 Å². The number of ether oxygens (including phenoxy) is 1. The van der Waals surface area contributed by atoms with E-state index >= 15 is 0 Å². The van der Waals surface area contributed by atoms with E-state index < -0.39 is 5.41 Å². The molecule has 0 fully saturated rings. The minimum atomic E-state index is -0.398. The number of carbonyl (C=O) groups is 2. The first-order chi connectivity index (χ1) is 6.29. The average Bonchev–Trinajstić information content (AvgIpc) is 2.10. The smallest absolute Gasteiger partial charge is 0.307 e. The van der Waals surface area contributed by atoms with Gasteiger partial charge in [-0.15, -0.1) is 0 Å².